The molecule has 1 amide bonds. The summed E-state index contributed by atoms with van der Waals surface area (Å²) in [4.78, 5) is 30.1. The maximum Gasteiger partial charge on any atom is 0.251 e. The number of hydrogen-bond donors (Lipinski definition) is 4. The summed E-state index contributed by atoms with van der Waals surface area (Å²) in [6.45, 7) is -0.564. The molecule has 1 aromatic carbocycles. The van der Waals surface area contributed by atoms with E-state index in [2.05, 4.69) is 25.3 Å². The number of carbonyl (C=O) groups excluding carboxylic acids is 1. The molecule has 4 N–H and O–H groups in total. The van der Waals surface area contributed by atoms with E-state index in [1.54, 1.807) is 17.4 Å². The Kier molecular flexibility index (Phi) is 5.98. The van der Waals surface area contributed by atoms with Crippen LogP contribution >= 0.6 is 23.2 Å². The molecule has 1 fully saturated rings. The number of amides is 1. The Balaban J connectivity index is 1.55. The van der Waals surface area contributed by atoms with Gasteiger partial charge in [0.25, 0.3) is 5.91 Å². The quantitative estimate of drug-likeness (QED) is 0.286. The highest BCUT2D eigenvalue weighted by Crippen LogP contribution is 2.34. The van der Waals surface area contributed by atoms with Gasteiger partial charge in [0.15, 0.2) is 35.1 Å². The number of pyridine rings is 1. The summed E-state index contributed by atoms with van der Waals surface area (Å²) in [5.74, 6) is -0.566. The number of benzene rings is 1. The van der Waals surface area contributed by atoms with Crippen molar-refractivity contribution in [2.45, 2.75) is 38.0 Å². The molecule has 37 heavy (non-hydrogen) atoms. The van der Waals surface area contributed by atoms with Crippen molar-refractivity contribution in [2.75, 3.05) is 12.3 Å². The second-order valence-electron chi connectivity index (χ2n) is 8.48. The number of hydrogen-bond acceptors (Lipinski definition) is 9. The lowest BCUT2D eigenvalue weighted by atomic mass is 10.1. The largest absolute Gasteiger partial charge is 0.387 e. The average molecular weight is 547 g/mol. The third kappa shape index (κ3) is 4.83. The van der Waals surface area contributed by atoms with Crippen LogP contribution in [0.4, 0.5) is 5.82 Å². The summed E-state index contributed by atoms with van der Waals surface area (Å²) in [5.41, 5.74) is 2.81. The molecule has 0 unspecified atom stereocenters. The lowest BCUT2D eigenvalue weighted by Crippen LogP contribution is -2.41. The number of likely N-dealkylation sites (N-methyl/N-ethyl adjacent to an activating group) is 1. The zero-order valence-corrected chi connectivity index (χ0v) is 20.8. The van der Waals surface area contributed by atoms with Gasteiger partial charge in [0.2, 0.25) is 0 Å². The smallest absolute Gasteiger partial charge is 0.251 e. The van der Waals surface area contributed by atoms with E-state index in [0.29, 0.717) is 33.5 Å². The number of aromatic nitrogens is 5. The predicted octanol–water partition coefficient (Wildman–Crippen LogP) is 2.48. The number of aryl methyl sites for hydroxylation is 1. The van der Waals surface area contributed by atoms with Crippen molar-refractivity contribution in [3.05, 3.63) is 64.2 Å². The van der Waals surface area contributed by atoms with Crippen molar-refractivity contribution in [3.8, 4) is 11.4 Å². The standard InChI is InChI=1S/C24H23Cl2N7O4/c1-11-3-4-15(26)12(5-11)8-29-21-16-22(32-20(31-21)13-6-14(25)9-28-7-13)33(10-30-16)24-18(35)17(34)19(37-24)23(36)27-2/h3-7,9-10,17-19,24,34-35H,8H2,1-2H3,(H,27,36)(H,29,31,32)/t17-,18+,19-,24+/m0/s1/i2D3. The fourth-order valence-corrected chi connectivity index (χ4v) is 4.44. The second-order valence-corrected chi connectivity index (χ2v) is 9.32. The number of ether oxygens (including phenoxy) is 1. The van der Waals surface area contributed by atoms with E-state index in [-0.39, 0.29) is 11.5 Å². The number of rotatable bonds is 6. The van der Waals surface area contributed by atoms with Crippen molar-refractivity contribution < 1.29 is 23.9 Å². The van der Waals surface area contributed by atoms with Crippen LogP contribution in [0.15, 0.2) is 43.0 Å². The van der Waals surface area contributed by atoms with Gasteiger partial charge in [0, 0.05) is 40.6 Å². The third-order valence-electron chi connectivity index (χ3n) is 5.93. The summed E-state index contributed by atoms with van der Waals surface area (Å²) < 4.78 is 28.7. The van der Waals surface area contributed by atoms with Gasteiger partial charge in [0.05, 0.1) is 11.3 Å². The molecule has 0 radical (unpaired) electrons. The van der Waals surface area contributed by atoms with Crippen molar-refractivity contribution in [1.82, 2.24) is 29.8 Å². The first kappa shape index (κ1) is 21.7. The van der Waals surface area contributed by atoms with Crippen LogP contribution in [0.5, 0.6) is 0 Å². The van der Waals surface area contributed by atoms with Gasteiger partial charge in [-0.3, -0.25) is 14.3 Å². The summed E-state index contributed by atoms with van der Waals surface area (Å²) in [5, 5.41) is 27.2. The average Bonchev–Trinajstić information content (AvgIpc) is 3.44. The number of aliphatic hydroxyl groups excluding tert-OH is 2. The van der Waals surface area contributed by atoms with Gasteiger partial charge < -0.3 is 25.6 Å². The minimum atomic E-state index is -2.81. The highest BCUT2D eigenvalue weighted by atomic mass is 35.5. The maximum atomic E-state index is 12.4. The summed E-state index contributed by atoms with van der Waals surface area (Å²) in [6, 6.07) is 7.25. The molecule has 1 saturated heterocycles. The highest BCUT2D eigenvalue weighted by molar-refractivity contribution is 6.31. The van der Waals surface area contributed by atoms with Crippen LogP contribution in [0, 0.1) is 6.92 Å². The molecule has 4 heterocycles. The van der Waals surface area contributed by atoms with Gasteiger partial charge in [0.1, 0.15) is 12.2 Å². The topological polar surface area (TPSA) is 147 Å². The molecule has 4 aromatic rings. The summed E-state index contributed by atoms with van der Waals surface area (Å²) in [7, 11) is 0. The number of nitrogens with one attached hydrogen (secondary N) is 2. The number of carbonyl (C=O) groups is 1. The predicted molar refractivity (Wildman–Crippen MR) is 137 cm³/mol. The number of anilines is 1. The molecule has 5 rings (SSSR count). The normalized spacial score (nSPS) is 22.9. The monoisotopic (exact) mass is 546 g/mol. The Morgan fingerprint density at radius 3 is 2.84 bits per heavy atom. The number of aliphatic hydroxyl groups is 2. The lowest BCUT2D eigenvalue weighted by Gasteiger charge is -2.17. The highest BCUT2D eigenvalue weighted by Gasteiger charge is 2.47. The van der Waals surface area contributed by atoms with E-state index in [9.17, 15) is 15.0 Å². The zero-order valence-electron chi connectivity index (χ0n) is 22.3. The van der Waals surface area contributed by atoms with Crippen LogP contribution in [-0.4, -0.2) is 65.9 Å². The van der Waals surface area contributed by atoms with Gasteiger partial charge in [-0.15, -0.1) is 0 Å². The Morgan fingerprint density at radius 1 is 1.22 bits per heavy atom. The van der Waals surface area contributed by atoms with E-state index in [4.69, 9.17) is 32.1 Å². The van der Waals surface area contributed by atoms with Crippen LogP contribution in [0.2, 0.25) is 10.0 Å². The molecule has 0 saturated carbocycles. The van der Waals surface area contributed by atoms with E-state index in [1.165, 1.54) is 23.3 Å². The molecule has 13 heteroatoms. The molecular weight excluding hydrogens is 521 g/mol. The molecule has 0 aliphatic carbocycles. The van der Waals surface area contributed by atoms with Crippen molar-refractivity contribution in [1.29, 1.82) is 0 Å². The second kappa shape index (κ2) is 10.2. The van der Waals surface area contributed by atoms with Gasteiger partial charge >= 0.3 is 0 Å². The van der Waals surface area contributed by atoms with Gasteiger partial charge in [-0.2, -0.15) is 0 Å². The minimum Gasteiger partial charge on any atom is -0.387 e. The Bertz CT molecular complexity index is 1590. The van der Waals surface area contributed by atoms with Crippen molar-refractivity contribution in [2.24, 2.45) is 0 Å². The molecule has 3 aromatic heterocycles. The number of fused-ring (bicyclic) bond motifs is 1. The lowest BCUT2D eigenvalue weighted by molar-refractivity contribution is -0.137. The van der Waals surface area contributed by atoms with Crippen LogP contribution in [0.1, 0.15) is 21.5 Å². The molecule has 0 bridgehead atoms. The van der Waals surface area contributed by atoms with E-state index < -0.39 is 37.4 Å². The van der Waals surface area contributed by atoms with Gasteiger partial charge in [-0.05, 0) is 24.6 Å². The SMILES string of the molecule is [2H]C([2H])([2H])NC(=O)[C@H]1O[C@@H](n2cnc3c(NCc4cc(C)ccc4Cl)nc(-c4cncc(Cl)c4)nc32)[C@H](O)[C@@H]1O. The van der Waals surface area contributed by atoms with E-state index >= 15 is 0 Å². The van der Waals surface area contributed by atoms with Crippen LogP contribution in [0.3, 0.4) is 0 Å². The fraction of sp³-hybridized carbons (Fsp3) is 0.292. The molecule has 11 nitrogen and oxygen atoms in total. The van der Waals surface area contributed by atoms with Crippen LogP contribution in [0.25, 0.3) is 22.6 Å². The number of imidazole rings is 1. The Hall–Kier alpha value is -3.35. The fourth-order valence-electron chi connectivity index (χ4n) is 4.08. The van der Waals surface area contributed by atoms with Crippen LogP contribution in [-0.2, 0) is 16.1 Å². The van der Waals surface area contributed by atoms with Crippen molar-refractivity contribution >= 4 is 46.1 Å². The molecule has 4 atom stereocenters. The first-order valence-electron chi connectivity index (χ1n) is 12.6. The number of nitrogens with zero attached hydrogens (tertiary/aromatic N) is 5. The summed E-state index contributed by atoms with van der Waals surface area (Å²) >= 11 is 12.5. The Labute approximate surface area is 225 Å². The van der Waals surface area contributed by atoms with Crippen LogP contribution < -0.4 is 10.6 Å². The molecule has 0 spiro atoms. The third-order valence-corrected chi connectivity index (χ3v) is 6.50. The molecule has 192 valence electrons. The van der Waals surface area contributed by atoms with E-state index in [0.717, 1.165) is 11.1 Å². The van der Waals surface area contributed by atoms with Gasteiger partial charge in [-0.1, -0.05) is 40.9 Å². The van der Waals surface area contributed by atoms with Gasteiger partial charge in [-0.25, -0.2) is 15.0 Å². The Morgan fingerprint density at radius 2 is 2.05 bits per heavy atom. The zero-order chi connectivity index (χ0) is 28.8. The summed E-state index contributed by atoms with van der Waals surface area (Å²) in [6.07, 6.45) is -2.02. The first-order chi connectivity index (χ1) is 18.9. The van der Waals surface area contributed by atoms with Crippen molar-refractivity contribution in [3.63, 3.8) is 0 Å². The molecular formula is C24H23Cl2N7O4. The minimum absolute atomic E-state index is 0.191. The molecule has 1 aliphatic rings. The first-order valence-corrected chi connectivity index (χ1v) is 11.8. The number of halogens is 2. The molecule has 1 aliphatic heterocycles. The maximum absolute atomic E-state index is 12.4. The van der Waals surface area contributed by atoms with E-state index in [1.807, 2.05) is 19.1 Å².